The Bertz CT molecular complexity index is 1090. The fourth-order valence-corrected chi connectivity index (χ4v) is 5.04. The monoisotopic (exact) mass is 506 g/mol. The second-order valence-corrected chi connectivity index (χ2v) is 9.55. The minimum absolute atomic E-state index is 0.0557. The fraction of sp³-hybridized carbons (Fsp3) is 0.600. The van der Waals surface area contributed by atoms with Crippen LogP contribution in [0.5, 0.6) is 5.75 Å². The van der Waals surface area contributed by atoms with Gasteiger partial charge in [0.05, 0.1) is 29.6 Å². The molecule has 11 heteroatoms. The summed E-state index contributed by atoms with van der Waals surface area (Å²) >= 11 is 0. The minimum atomic E-state index is -2.89. The lowest BCUT2D eigenvalue weighted by Crippen LogP contribution is -2.35. The third-order valence-corrected chi connectivity index (χ3v) is 7.19. The molecule has 0 radical (unpaired) electrons. The van der Waals surface area contributed by atoms with Crippen LogP contribution in [-0.2, 0) is 23.2 Å². The van der Waals surface area contributed by atoms with E-state index < -0.39 is 36.2 Å². The summed E-state index contributed by atoms with van der Waals surface area (Å²) in [6.07, 6.45) is 3.88. The van der Waals surface area contributed by atoms with Crippen LogP contribution in [0, 0.1) is 5.92 Å². The van der Waals surface area contributed by atoms with Gasteiger partial charge in [-0.2, -0.15) is 5.10 Å². The maximum Gasteiger partial charge on any atom is 0.410 e. The molecule has 2 atom stereocenters. The van der Waals surface area contributed by atoms with Crippen molar-refractivity contribution in [3.63, 3.8) is 0 Å². The van der Waals surface area contributed by atoms with Crippen molar-refractivity contribution in [3.05, 3.63) is 29.7 Å². The standard InChI is InChI=1S/C25H32F2N4O5/c1-30(16-7-3-4-8-16)25(34)35-14-20-18(13-28-31(20)2)19-10-11-21(22(29-19)23(26)27)36-17-9-5-6-15(12-17)24(32)33/h10-11,13,15-17,23H,3-9,12,14H2,1-2H3,(H,32,33)/t15-,17-/m0/s1. The summed E-state index contributed by atoms with van der Waals surface area (Å²) in [7, 11) is 3.41. The van der Waals surface area contributed by atoms with Gasteiger partial charge in [-0.25, -0.2) is 18.6 Å². The lowest BCUT2D eigenvalue weighted by molar-refractivity contribution is -0.143. The number of alkyl halides is 2. The van der Waals surface area contributed by atoms with Crippen molar-refractivity contribution in [2.24, 2.45) is 13.0 Å². The summed E-state index contributed by atoms with van der Waals surface area (Å²) < 4.78 is 40.7. The molecule has 2 heterocycles. The Hall–Kier alpha value is -3.24. The lowest BCUT2D eigenvalue weighted by Gasteiger charge is -2.28. The number of amides is 1. The number of carboxylic acids is 1. The summed E-state index contributed by atoms with van der Waals surface area (Å²) in [6, 6.07) is 3.16. The van der Waals surface area contributed by atoms with Crippen molar-refractivity contribution < 1.29 is 33.0 Å². The molecule has 2 aromatic heterocycles. The molecule has 2 fully saturated rings. The van der Waals surface area contributed by atoms with Crippen LogP contribution >= 0.6 is 0 Å². The van der Waals surface area contributed by atoms with Gasteiger partial charge in [0.15, 0.2) is 0 Å². The molecule has 0 aromatic carbocycles. The van der Waals surface area contributed by atoms with Crippen LogP contribution in [0.4, 0.5) is 13.6 Å². The topological polar surface area (TPSA) is 107 Å². The second-order valence-electron chi connectivity index (χ2n) is 9.55. The van der Waals surface area contributed by atoms with E-state index in [0.29, 0.717) is 30.5 Å². The number of carbonyl (C=O) groups excluding carboxylic acids is 1. The van der Waals surface area contributed by atoms with Crippen LogP contribution in [0.2, 0.25) is 0 Å². The molecule has 1 N–H and O–H groups in total. The smallest absolute Gasteiger partial charge is 0.410 e. The van der Waals surface area contributed by atoms with E-state index in [1.54, 1.807) is 25.1 Å². The molecule has 0 saturated heterocycles. The Labute approximate surface area is 208 Å². The summed E-state index contributed by atoms with van der Waals surface area (Å²) in [5, 5.41) is 13.5. The molecular formula is C25H32F2N4O5. The summed E-state index contributed by atoms with van der Waals surface area (Å²) in [5.41, 5.74) is 0.748. The number of aliphatic carboxylic acids is 1. The largest absolute Gasteiger partial charge is 0.488 e. The highest BCUT2D eigenvalue weighted by molar-refractivity contribution is 5.70. The first-order chi connectivity index (χ1) is 17.2. The van der Waals surface area contributed by atoms with Gasteiger partial charge in [0.25, 0.3) is 6.43 Å². The van der Waals surface area contributed by atoms with E-state index in [1.807, 2.05) is 0 Å². The predicted molar refractivity (Wildman–Crippen MR) is 126 cm³/mol. The number of carbonyl (C=O) groups is 2. The van der Waals surface area contributed by atoms with Crippen LogP contribution in [0.15, 0.2) is 18.3 Å². The normalized spacial score (nSPS) is 20.5. The molecule has 1 amide bonds. The Morgan fingerprint density at radius 1 is 1.19 bits per heavy atom. The lowest BCUT2D eigenvalue weighted by atomic mass is 9.87. The number of ether oxygens (including phenoxy) is 2. The maximum atomic E-state index is 13.9. The molecule has 2 saturated carbocycles. The third kappa shape index (κ3) is 5.76. The highest BCUT2D eigenvalue weighted by Crippen LogP contribution is 2.35. The molecule has 0 spiro atoms. The Morgan fingerprint density at radius 3 is 2.64 bits per heavy atom. The zero-order valence-corrected chi connectivity index (χ0v) is 20.5. The first-order valence-corrected chi connectivity index (χ1v) is 12.3. The van der Waals surface area contributed by atoms with Gasteiger partial charge in [0.2, 0.25) is 0 Å². The molecule has 0 bridgehead atoms. The van der Waals surface area contributed by atoms with Crippen molar-refractivity contribution >= 4 is 12.1 Å². The van der Waals surface area contributed by atoms with E-state index in [9.17, 15) is 23.5 Å². The number of aryl methyl sites for hydroxylation is 1. The predicted octanol–water partition coefficient (Wildman–Crippen LogP) is 4.95. The Balaban J connectivity index is 1.50. The number of rotatable bonds is 8. The summed E-state index contributed by atoms with van der Waals surface area (Å²) in [6.45, 7) is -0.0790. The molecule has 2 aromatic rings. The van der Waals surface area contributed by atoms with Crippen molar-refractivity contribution in [3.8, 4) is 17.0 Å². The van der Waals surface area contributed by atoms with Crippen LogP contribution in [0.1, 0.15) is 69.2 Å². The number of carboxylic acid groups (broad SMARTS) is 1. The van der Waals surface area contributed by atoms with E-state index in [4.69, 9.17) is 9.47 Å². The Kier molecular flexibility index (Phi) is 8.05. The van der Waals surface area contributed by atoms with Gasteiger partial charge < -0.3 is 19.5 Å². The average Bonchev–Trinajstić information content (AvgIpc) is 3.52. The number of aromatic nitrogens is 3. The zero-order valence-electron chi connectivity index (χ0n) is 20.5. The van der Waals surface area contributed by atoms with E-state index >= 15 is 0 Å². The van der Waals surface area contributed by atoms with Gasteiger partial charge in [-0.05, 0) is 50.7 Å². The number of pyridine rings is 1. The van der Waals surface area contributed by atoms with E-state index in [2.05, 4.69) is 10.1 Å². The van der Waals surface area contributed by atoms with Crippen LogP contribution < -0.4 is 4.74 Å². The molecule has 2 aliphatic rings. The number of nitrogens with zero attached hydrogens (tertiary/aromatic N) is 4. The van der Waals surface area contributed by atoms with E-state index in [1.165, 1.54) is 16.9 Å². The molecule has 36 heavy (non-hydrogen) atoms. The van der Waals surface area contributed by atoms with Crippen molar-refractivity contribution in [1.29, 1.82) is 0 Å². The first-order valence-electron chi connectivity index (χ1n) is 12.3. The SMILES string of the molecule is CN(C(=O)OCc1c(-c2ccc(O[C@H]3CCC[C@H](C(=O)O)C3)c(C(F)F)n2)cnn1C)C1CCCC1. The zero-order chi connectivity index (χ0) is 25.8. The van der Waals surface area contributed by atoms with Gasteiger partial charge in [-0.15, -0.1) is 0 Å². The number of halogens is 2. The molecule has 9 nitrogen and oxygen atoms in total. The first kappa shape index (κ1) is 25.8. The van der Waals surface area contributed by atoms with E-state index in [-0.39, 0.29) is 30.5 Å². The van der Waals surface area contributed by atoms with E-state index in [0.717, 1.165) is 25.7 Å². The highest BCUT2D eigenvalue weighted by Gasteiger charge is 2.30. The quantitative estimate of drug-likeness (QED) is 0.540. The highest BCUT2D eigenvalue weighted by atomic mass is 19.3. The Morgan fingerprint density at radius 2 is 1.94 bits per heavy atom. The molecule has 0 unspecified atom stereocenters. The van der Waals surface area contributed by atoms with Gasteiger partial charge in [0.1, 0.15) is 18.1 Å². The van der Waals surface area contributed by atoms with Crippen LogP contribution in [0.25, 0.3) is 11.3 Å². The fourth-order valence-electron chi connectivity index (χ4n) is 5.04. The van der Waals surface area contributed by atoms with Crippen molar-refractivity contribution in [1.82, 2.24) is 19.7 Å². The van der Waals surface area contributed by atoms with Crippen LogP contribution in [0.3, 0.4) is 0 Å². The summed E-state index contributed by atoms with van der Waals surface area (Å²) in [4.78, 5) is 29.6. The molecular weight excluding hydrogens is 474 g/mol. The van der Waals surface area contributed by atoms with Crippen molar-refractivity contribution in [2.45, 2.75) is 76.5 Å². The van der Waals surface area contributed by atoms with Gasteiger partial charge in [-0.1, -0.05) is 12.8 Å². The average molecular weight is 507 g/mol. The summed E-state index contributed by atoms with van der Waals surface area (Å²) in [5.74, 6) is -1.50. The van der Waals surface area contributed by atoms with Crippen molar-refractivity contribution in [2.75, 3.05) is 7.05 Å². The third-order valence-electron chi connectivity index (χ3n) is 7.19. The molecule has 2 aliphatic carbocycles. The van der Waals surface area contributed by atoms with Gasteiger partial charge in [0, 0.05) is 25.7 Å². The van der Waals surface area contributed by atoms with Gasteiger partial charge >= 0.3 is 12.1 Å². The minimum Gasteiger partial charge on any atom is -0.488 e. The number of hydrogen-bond acceptors (Lipinski definition) is 6. The molecule has 0 aliphatic heterocycles. The number of hydrogen-bond donors (Lipinski definition) is 1. The second kappa shape index (κ2) is 11.2. The van der Waals surface area contributed by atoms with Gasteiger partial charge in [-0.3, -0.25) is 9.48 Å². The molecule has 4 rings (SSSR count). The van der Waals surface area contributed by atoms with Crippen LogP contribution in [-0.4, -0.2) is 56.0 Å². The molecule has 196 valence electrons. The maximum absolute atomic E-state index is 13.9.